The zero-order chi connectivity index (χ0) is 16.1. The highest BCUT2D eigenvalue weighted by Crippen LogP contribution is 2.19. The summed E-state index contributed by atoms with van der Waals surface area (Å²) in [5.41, 5.74) is 2.17. The Morgan fingerprint density at radius 2 is 1.68 bits per heavy atom. The van der Waals surface area contributed by atoms with Gasteiger partial charge in [0.2, 0.25) is 0 Å². The first-order valence-corrected chi connectivity index (χ1v) is 7.57. The number of aliphatic carboxylic acids is 1. The Labute approximate surface area is 135 Å². The quantitative estimate of drug-likeness (QED) is 0.850. The lowest BCUT2D eigenvalue weighted by molar-refractivity contribution is -0.145. The monoisotopic (exact) mass is 318 g/mol. The molecule has 0 aromatic heterocycles. The third kappa shape index (κ3) is 4.50. The number of benzene rings is 2. The molecule has 0 heterocycles. The molecular weight excluding hydrogens is 300 g/mol. The fraction of sp³-hybridized carbons (Fsp3) is 0.278. The average Bonchev–Trinajstić information content (AvgIpc) is 2.49. The summed E-state index contributed by atoms with van der Waals surface area (Å²) in [6.45, 7) is 4.25. The number of halogens is 1. The molecular formula is C18H19ClO3. The molecule has 4 heteroatoms. The van der Waals surface area contributed by atoms with E-state index in [0.29, 0.717) is 23.1 Å². The maximum atomic E-state index is 11.4. The fourth-order valence-corrected chi connectivity index (χ4v) is 2.24. The smallest absolute Gasteiger partial charge is 0.345 e. The van der Waals surface area contributed by atoms with Crippen LogP contribution in [0.5, 0.6) is 5.75 Å². The number of hydrogen-bond acceptors (Lipinski definition) is 2. The number of carbonyl (C=O) groups is 1. The van der Waals surface area contributed by atoms with E-state index in [2.05, 4.69) is 13.8 Å². The second-order valence-electron chi connectivity index (χ2n) is 5.50. The molecule has 116 valence electrons. The minimum Gasteiger partial charge on any atom is -0.478 e. The van der Waals surface area contributed by atoms with Crippen LogP contribution in [-0.2, 0) is 11.2 Å². The highest BCUT2D eigenvalue weighted by molar-refractivity contribution is 6.30. The van der Waals surface area contributed by atoms with Crippen molar-refractivity contribution in [2.24, 2.45) is 0 Å². The number of carboxylic acid groups (broad SMARTS) is 1. The summed E-state index contributed by atoms with van der Waals surface area (Å²) in [7, 11) is 0. The normalized spacial score (nSPS) is 12.2. The van der Waals surface area contributed by atoms with E-state index in [-0.39, 0.29) is 0 Å². The van der Waals surface area contributed by atoms with E-state index in [4.69, 9.17) is 16.3 Å². The van der Waals surface area contributed by atoms with Crippen molar-refractivity contribution in [2.75, 3.05) is 0 Å². The zero-order valence-electron chi connectivity index (χ0n) is 12.6. The van der Waals surface area contributed by atoms with E-state index < -0.39 is 12.1 Å². The summed E-state index contributed by atoms with van der Waals surface area (Å²) in [4.78, 5) is 11.4. The van der Waals surface area contributed by atoms with Gasteiger partial charge in [0.1, 0.15) is 5.75 Å². The van der Waals surface area contributed by atoms with Crippen LogP contribution >= 0.6 is 11.6 Å². The summed E-state index contributed by atoms with van der Waals surface area (Å²) >= 11 is 5.81. The van der Waals surface area contributed by atoms with Crippen LogP contribution < -0.4 is 4.74 Å². The Morgan fingerprint density at radius 3 is 2.18 bits per heavy atom. The largest absolute Gasteiger partial charge is 0.478 e. The predicted octanol–water partition coefficient (Wildman–Crippen LogP) is 4.54. The first kappa shape index (κ1) is 16.4. The molecule has 0 aliphatic carbocycles. The van der Waals surface area contributed by atoms with Crippen LogP contribution in [0.1, 0.15) is 30.9 Å². The van der Waals surface area contributed by atoms with Gasteiger partial charge in [-0.15, -0.1) is 0 Å². The van der Waals surface area contributed by atoms with Crippen LogP contribution in [-0.4, -0.2) is 17.2 Å². The topological polar surface area (TPSA) is 46.5 Å². The van der Waals surface area contributed by atoms with Gasteiger partial charge < -0.3 is 9.84 Å². The molecule has 0 bridgehead atoms. The van der Waals surface area contributed by atoms with Gasteiger partial charge in [-0.25, -0.2) is 4.79 Å². The molecule has 2 aromatic carbocycles. The molecule has 0 saturated heterocycles. The molecule has 0 unspecified atom stereocenters. The van der Waals surface area contributed by atoms with Crippen molar-refractivity contribution in [1.29, 1.82) is 0 Å². The van der Waals surface area contributed by atoms with Gasteiger partial charge in [-0.2, -0.15) is 0 Å². The first-order valence-electron chi connectivity index (χ1n) is 7.19. The van der Waals surface area contributed by atoms with Crippen LogP contribution in [0, 0.1) is 0 Å². The maximum Gasteiger partial charge on any atom is 0.345 e. The SMILES string of the molecule is CC(C)c1ccc(C[C@@H](Oc2ccc(Cl)cc2)C(=O)O)cc1. The Morgan fingerprint density at radius 1 is 1.09 bits per heavy atom. The molecule has 0 saturated carbocycles. The van der Waals surface area contributed by atoms with Gasteiger partial charge in [-0.1, -0.05) is 49.7 Å². The highest BCUT2D eigenvalue weighted by atomic mass is 35.5. The second kappa shape index (κ2) is 7.32. The van der Waals surface area contributed by atoms with Crippen LogP contribution in [0.15, 0.2) is 48.5 Å². The lowest BCUT2D eigenvalue weighted by atomic mass is 10.00. The van der Waals surface area contributed by atoms with Crippen LogP contribution in [0.2, 0.25) is 5.02 Å². The van der Waals surface area contributed by atoms with Crippen LogP contribution in [0.25, 0.3) is 0 Å². The third-order valence-electron chi connectivity index (χ3n) is 3.43. The van der Waals surface area contributed by atoms with E-state index in [1.54, 1.807) is 24.3 Å². The first-order chi connectivity index (χ1) is 10.5. The molecule has 0 spiro atoms. The van der Waals surface area contributed by atoms with Crippen molar-refractivity contribution in [3.05, 3.63) is 64.7 Å². The molecule has 0 aliphatic rings. The Hall–Kier alpha value is -2.00. The predicted molar refractivity (Wildman–Crippen MR) is 87.7 cm³/mol. The van der Waals surface area contributed by atoms with Crippen molar-refractivity contribution in [3.8, 4) is 5.75 Å². The lowest BCUT2D eigenvalue weighted by Gasteiger charge is -2.16. The van der Waals surface area contributed by atoms with E-state index in [1.165, 1.54) is 5.56 Å². The van der Waals surface area contributed by atoms with E-state index in [1.807, 2.05) is 24.3 Å². The number of carboxylic acids is 1. The molecule has 0 fully saturated rings. The Bertz CT molecular complexity index is 618. The van der Waals surface area contributed by atoms with Crippen molar-refractivity contribution >= 4 is 17.6 Å². The van der Waals surface area contributed by atoms with E-state index >= 15 is 0 Å². The summed E-state index contributed by atoms with van der Waals surface area (Å²) in [6.07, 6.45) is -0.609. The van der Waals surface area contributed by atoms with Gasteiger partial charge in [0, 0.05) is 11.4 Å². The van der Waals surface area contributed by atoms with Crippen LogP contribution in [0.4, 0.5) is 0 Å². The summed E-state index contributed by atoms with van der Waals surface area (Å²) in [6, 6.07) is 14.6. The van der Waals surface area contributed by atoms with E-state index in [9.17, 15) is 9.90 Å². The fourth-order valence-electron chi connectivity index (χ4n) is 2.11. The lowest BCUT2D eigenvalue weighted by Crippen LogP contribution is -2.29. The Balaban J connectivity index is 2.08. The van der Waals surface area contributed by atoms with Crippen molar-refractivity contribution < 1.29 is 14.6 Å². The molecule has 2 rings (SSSR count). The van der Waals surface area contributed by atoms with Gasteiger partial charge >= 0.3 is 5.97 Å². The molecule has 22 heavy (non-hydrogen) atoms. The average molecular weight is 319 g/mol. The summed E-state index contributed by atoms with van der Waals surface area (Å²) in [5.74, 6) is -0.0341. The number of rotatable bonds is 6. The van der Waals surface area contributed by atoms with Crippen LogP contribution in [0.3, 0.4) is 0 Å². The third-order valence-corrected chi connectivity index (χ3v) is 3.69. The van der Waals surface area contributed by atoms with Crippen molar-refractivity contribution in [1.82, 2.24) is 0 Å². The summed E-state index contributed by atoms with van der Waals surface area (Å²) < 4.78 is 5.55. The van der Waals surface area contributed by atoms with Gasteiger partial charge in [0.15, 0.2) is 6.10 Å². The molecule has 3 nitrogen and oxygen atoms in total. The van der Waals surface area contributed by atoms with Gasteiger partial charge in [0.25, 0.3) is 0 Å². The van der Waals surface area contributed by atoms with Crippen molar-refractivity contribution in [2.45, 2.75) is 32.3 Å². The minimum atomic E-state index is -0.983. The number of ether oxygens (including phenoxy) is 1. The molecule has 2 aromatic rings. The van der Waals surface area contributed by atoms with Gasteiger partial charge in [0.05, 0.1) is 0 Å². The van der Waals surface area contributed by atoms with Crippen molar-refractivity contribution in [3.63, 3.8) is 0 Å². The molecule has 1 N–H and O–H groups in total. The second-order valence-corrected chi connectivity index (χ2v) is 5.94. The highest BCUT2D eigenvalue weighted by Gasteiger charge is 2.20. The molecule has 0 aliphatic heterocycles. The van der Waals surface area contributed by atoms with E-state index in [0.717, 1.165) is 5.56 Å². The minimum absolute atomic E-state index is 0.316. The van der Waals surface area contributed by atoms with Gasteiger partial charge in [-0.05, 0) is 41.3 Å². The maximum absolute atomic E-state index is 11.4. The van der Waals surface area contributed by atoms with Gasteiger partial charge in [-0.3, -0.25) is 0 Å². The standard InChI is InChI=1S/C18H19ClO3/c1-12(2)14-5-3-13(4-6-14)11-17(18(20)21)22-16-9-7-15(19)8-10-16/h3-10,12,17H,11H2,1-2H3,(H,20,21)/t17-/m1/s1. The Kier molecular flexibility index (Phi) is 5.45. The molecule has 1 atom stereocenters. The summed E-state index contributed by atoms with van der Waals surface area (Å²) in [5, 5.41) is 9.93. The zero-order valence-corrected chi connectivity index (χ0v) is 13.4. The number of hydrogen-bond donors (Lipinski definition) is 1. The molecule has 0 amide bonds. The molecule has 0 radical (unpaired) electrons.